The third-order valence-electron chi connectivity index (χ3n) is 8.54. The highest BCUT2D eigenvalue weighted by Crippen LogP contribution is 2.38. The minimum absolute atomic E-state index is 0.0213. The van der Waals surface area contributed by atoms with Crippen molar-refractivity contribution in [3.8, 4) is 17.3 Å². The number of rotatable bonds is 7. The molecule has 17 heteroatoms. The largest absolute Gasteiger partial charge is 0.389 e. The minimum atomic E-state index is -0.936. The van der Waals surface area contributed by atoms with Crippen LogP contribution in [0.2, 0.25) is 0 Å². The Morgan fingerprint density at radius 1 is 1.13 bits per heavy atom. The van der Waals surface area contributed by atoms with Gasteiger partial charge in [0.2, 0.25) is 5.91 Å². The number of aromatic nitrogens is 3. The SMILES string of the molecule is [B]c1c([B])c(-c2nc(N(C)c3c(CC)nn4cc(F)c(N5CCN(CC(=O)N6CC(O)C6)CC5)cc34)sc2C#N)c([B])c([B])c1F. The summed E-state index contributed by atoms with van der Waals surface area (Å²) < 4.78 is 31.4. The number of nitriles is 1. The molecule has 0 bridgehead atoms. The first-order valence-corrected chi connectivity index (χ1v) is 15.4. The number of carbonyl (C=O) groups is 1. The molecule has 0 unspecified atom stereocenters. The van der Waals surface area contributed by atoms with Gasteiger partial charge in [-0.2, -0.15) is 10.4 Å². The number of fused-ring (bicyclic) bond motifs is 1. The number of nitrogens with zero attached hydrogens (tertiary/aromatic N) is 8. The number of carbonyl (C=O) groups excluding carboxylic acids is 1. The van der Waals surface area contributed by atoms with Gasteiger partial charge in [-0.1, -0.05) is 40.1 Å². The molecule has 0 spiro atoms. The number of aliphatic hydroxyl groups excluding tert-OH is 1. The smallest absolute Gasteiger partial charge is 0.236 e. The number of β-amino-alcohol motifs (C(OH)–C–C–N with tert-alkyl or cyclic N) is 1. The van der Waals surface area contributed by atoms with Crippen LogP contribution in [0.25, 0.3) is 16.8 Å². The normalized spacial score (nSPS) is 15.7. The van der Waals surface area contributed by atoms with Gasteiger partial charge in [-0.15, -0.1) is 0 Å². The van der Waals surface area contributed by atoms with Gasteiger partial charge in [0.25, 0.3) is 0 Å². The van der Waals surface area contributed by atoms with Crippen LogP contribution in [-0.2, 0) is 11.2 Å². The Kier molecular flexibility index (Phi) is 8.65. The third-order valence-corrected chi connectivity index (χ3v) is 9.57. The van der Waals surface area contributed by atoms with Crippen LogP contribution in [0.4, 0.5) is 25.3 Å². The average Bonchev–Trinajstić information content (AvgIpc) is 3.62. The lowest BCUT2D eigenvalue weighted by Crippen LogP contribution is -2.57. The molecular formula is C29H26B4F2N8O2S. The molecule has 1 amide bonds. The highest BCUT2D eigenvalue weighted by atomic mass is 32.1. The van der Waals surface area contributed by atoms with Gasteiger partial charge in [0.1, 0.15) is 53.8 Å². The number of anilines is 3. The Morgan fingerprint density at radius 3 is 2.37 bits per heavy atom. The molecule has 4 aromatic rings. The van der Waals surface area contributed by atoms with E-state index in [1.807, 2.05) is 16.7 Å². The van der Waals surface area contributed by atoms with Gasteiger partial charge in [0, 0.05) is 46.3 Å². The van der Waals surface area contributed by atoms with Crippen molar-refractivity contribution in [1.29, 1.82) is 5.26 Å². The standard InChI is InChI=1S/C29H26B4F2N8O2S/c1-3-16-28(39(2)29-37-27(19(9-36)46-29)21-22(30)24(32)26(35)25(33)23(21)31)18-8-17(15(34)12-43(18)38-16)41-6-4-40(5-7-41)13-20(45)42-10-14(44)11-42/h8,12,14,44H,3-7,10-11,13H2,1-2H3. The first-order valence-electron chi connectivity index (χ1n) is 14.6. The Bertz CT molecular complexity index is 1870. The number of pyridine rings is 1. The first-order chi connectivity index (χ1) is 21.9. The molecule has 2 aliphatic rings. The van der Waals surface area contributed by atoms with Crippen molar-refractivity contribution in [3.63, 3.8) is 0 Å². The Hall–Kier alpha value is -3.86. The van der Waals surface area contributed by atoms with Crippen LogP contribution < -0.4 is 31.7 Å². The van der Waals surface area contributed by atoms with Gasteiger partial charge < -0.3 is 19.8 Å². The van der Waals surface area contributed by atoms with Crippen LogP contribution in [-0.4, -0.2) is 126 Å². The quantitative estimate of drug-likeness (QED) is 0.245. The highest BCUT2D eigenvalue weighted by Gasteiger charge is 2.31. The number of amides is 1. The highest BCUT2D eigenvalue weighted by molar-refractivity contribution is 7.16. The van der Waals surface area contributed by atoms with Crippen molar-refractivity contribution < 1.29 is 18.7 Å². The van der Waals surface area contributed by atoms with E-state index in [0.717, 1.165) is 11.3 Å². The van der Waals surface area contributed by atoms with Crippen LogP contribution in [0.1, 0.15) is 17.5 Å². The number of aryl methyl sites for hydroxylation is 1. The number of likely N-dealkylation sites (tertiary alicyclic amines) is 1. The maximum absolute atomic E-state index is 15.5. The summed E-state index contributed by atoms with van der Waals surface area (Å²) in [4.78, 5) is 24.7. The van der Waals surface area contributed by atoms with E-state index in [1.165, 1.54) is 10.7 Å². The second-order valence-electron chi connectivity index (χ2n) is 11.4. The zero-order valence-electron chi connectivity index (χ0n) is 25.3. The predicted octanol–water partition coefficient (Wildman–Crippen LogP) is -1.56. The molecule has 8 radical (unpaired) electrons. The van der Waals surface area contributed by atoms with E-state index in [1.54, 1.807) is 22.9 Å². The molecule has 46 heavy (non-hydrogen) atoms. The summed E-state index contributed by atoms with van der Waals surface area (Å²) in [5.74, 6) is -1.40. The molecule has 2 fully saturated rings. The predicted molar refractivity (Wildman–Crippen MR) is 178 cm³/mol. The maximum Gasteiger partial charge on any atom is 0.236 e. The number of benzene rings is 1. The molecule has 6 rings (SSSR count). The van der Waals surface area contributed by atoms with E-state index in [9.17, 15) is 19.6 Å². The van der Waals surface area contributed by atoms with Gasteiger partial charge in [-0.05, 0) is 18.1 Å². The molecule has 1 N–H and O–H groups in total. The number of halogens is 2. The number of piperazine rings is 1. The minimum Gasteiger partial charge on any atom is -0.389 e. The van der Waals surface area contributed by atoms with E-state index in [0.29, 0.717) is 73.4 Å². The molecule has 226 valence electrons. The van der Waals surface area contributed by atoms with Crippen LogP contribution in [0.15, 0.2) is 12.3 Å². The van der Waals surface area contributed by atoms with Gasteiger partial charge in [-0.3, -0.25) is 9.69 Å². The van der Waals surface area contributed by atoms with Gasteiger partial charge in [0.15, 0.2) is 10.9 Å². The lowest BCUT2D eigenvalue weighted by molar-refractivity contribution is -0.142. The fourth-order valence-corrected chi connectivity index (χ4v) is 6.72. The Labute approximate surface area is 274 Å². The summed E-state index contributed by atoms with van der Waals surface area (Å²) in [6, 6.07) is 3.85. The van der Waals surface area contributed by atoms with E-state index in [4.69, 9.17) is 31.4 Å². The van der Waals surface area contributed by atoms with Crippen molar-refractivity contribution in [2.24, 2.45) is 0 Å². The number of hydrogen-bond acceptors (Lipinski definition) is 9. The second kappa shape index (κ2) is 12.4. The van der Waals surface area contributed by atoms with E-state index in [-0.39, 0.29) is 50.4 Å². The average molecular weight is 632 g/mol. The molecular weight excluding hydrogens is 606 g/mol. The van der Waals surface area contributed by atoms with E-state index < -0.39 is 17.7 Å². The number of thiazole rings is 1. The lowest BCUT2D eigenvalue weighted by Gasteiger charge is -2.39. The Balaban J connectivity index is 1.31. The van der Waals surface area contributed by atoms with Gasteiger partial charge in [0.05, 0.1) is 41.4 Å². The molecule has 2 aliphatic heterocycles. The molecule has 1 aromatic carbocycles. The van der Waals surface area contributed by atoms with Crippen LogP contribution in [0.5, 0.6) is 0 Å². The topological polar surface area (TPSA) is 104 Å². The monoisotopic (exact) mass is 632 g/mol. The van der Waals surface area contributed by atoms with Gasteiger partial charge in [-0.25, -0.2) is 18.3 Å². The molecule has 2 saturated heterocycles. The molecule has 0 saturated carbocycles. The molecule has 0 aliphatic carbocycles. The molecule has 3 aromatic heterocycles. The van der Waals surface area contributed by atoms with Crippen molar-refractivity contribution in [1.82, 2.24) is 24.4 Å². The summed E-state index contributed by atoms with van der Waals surface area (Å²) in [5.41, 5.74) is 1.42. The fourth-order valence-electron chi connectivity index (χ4n) is 5.88. The van der Waals surface area contributed by atoms with Crippen molar-refractivity contribution >= 4 is 92.5 Å². The van der Waals surface area contributed by atoms with Crippen LogP contribution in [0.3, 0.4) is 0 Å². The summed E-state index contributed by atoms with van der Waals surface area (Å²) >= 11 is 1.07. The van der Waals surface area contributed by atoms with Crippen molar-refractivity contribution in [2.45, 2.75) is 19.4 Å². The number of aliphatic hydroxyl groups is 1. The van der Waals surface area contributed by atoms with Gasteiger partial charge >= 0.3 is 0 Å². The number of hydrogen-bond donors (Lipinski definition) is 1. The first kappa shape index (κ1) is 32.1. The summed E-state index contributed by atoms with van der Waals surface area (Å²) in [6.45, 7) is 5.08. The van der Waals surface area contributed by atoms with Crippen LogP contribution >= 0.6 is 11.3 Å². The van der Waals surface area contributed by atoms with E-state index in [2.05, 4.69) is 16.2 Å². The van der Waals surface area contributed by atoms with Crippen molar-refractivity contribution in [2.75, 3.05) is 62.7 Å². The molecule has 5 heterocycles. The Morgan fingerprint density at radius 2 is 1.78 bits per heavy atom. The molecule has 10 nitrogen and oxygen atoms in total. The fraction of sp³-hybridized carbons (Fsp3) is 0.379. The summed E-state index contributed by atoms with van der Waals surface area (Å²) in [7, 11) is 25.7. The zero-order chi connectivity index (χ0) is 33.0. The third kappa shape index (κ3) is 5.46. The second-order valence-corrected chi connectivity index (χ2v) is 12.4. The van der Waals surface area contributed by atoms with Crippen molar-refractivity contribution in [3.05, 3.63) is 34.5 Å². The summed E-state index contributed by atoms with van der Waals surface area (Å²) in [5, 5.41) is 24.5. The maximum atomic E-state index is 15.5. The van der Waals surface area contributed by atoms with Crippen LogP contribution in [0, 0.1) is 23.0 Å². The lowest BCUT2D eigenvalue weighted by atomic mass is 9.66. The van der Waals surface area contributed by atoms with E-state index >= 15 is 4.39 Å². The zero-order valence-corrected chi connectivity index (χ0v) is 26.1. The molecule has 0 atom stereocenters. The summed E-state index contributed by atoms with van der Waals surface area (Å²) in [6.07, 6.45) is 1.41.